The highest BCUT2D eigenvalue weighted by molar-refractivity contribution is 6.34. The number of benzene rings is 4. The van der Waals surface area contributed by atoms with Crippen molar-refractivity contribution in [2.75, 3.05) is 75.8 Å². The van der Waals surface area contributed by atoms with Crippen molar-refractivity contribution < 1.29 is 37.4 Å². The number of nitrogens with one attached hydrogen (secondary N) is 2. The molecule has 72 heavy (non-hydrogen) atoms. The van der Waals surface area contributed by atoms with Crippen molar-refractivity contribution in [1.82, 2.24) is 30.0 Å². The first-order valence-electron chi connectivity index (χ1n) is 25.2. The van der Waals surface area contributed by atoms with E-state index >= 15 is 8.78 Å². The van der Waals surface area contributed by atoms with Crippen LogP contribution in [0.2, 0.25) is 5.02 Å². The third kappa shape index (κ3) is 9.23. The van der Waals surface area contributed by atoms with E-state index in [1.807, 2.05) is 62.5 Å². The third-order valence-electron chi connectivity index (χ3n) is 16.1. The number of piperidine rings is 1. The Morgan fingerprint density at radius 2 is 1.67 bits per heavy atom. The van der Waals surface area contributed by atoms with Gasteiger partial charge in [0, 0.05) is 112 Å². The molecular weight excluding hydrogens is 944 g/mol. The Kier molecular flexibility index (Phi) is 13.9. The number of fused-ring (bicyclic) bond motifs is 2. The maximum absolute atomic E-state index is 16.2. The minimum absolute atomic E-state index is 0.00123. The Hall–Kier alpha value is -6.30. The highest BCUT2D eigenvalue weighted by Crippen LogP contribution is 2.56. The van der Waals surface area contributed by atoms with Crippen LogP contribution >= 0.6 is 11.6 Å². The van der Waals surface area contributed by atoms with Gasteiger partial charge >= 0.3 is 6.03 Å². The summed E-state index contributed by atoms with van der Waals surface area (Å²) in [5, 5.41) is 5.81. The number of nitrogens with two attached hydrogens (primary N) is 1. The number of hydrogen-bond donors (Lipinski definition) is 3. The fourth-order valence-corrected chi connectivity index (χ4v) is 12.1. The van der Waals surface area contributed by atoms with Crippen LogP contribution in [0.1, 0.15) is 85.7 Å². The minimum Gasteiger partial charge on any atom is -0.494 e. The lowest BCUT2D eigenvalue weighted by atomic mass is 9.77. The number of piperazine rings is 1. The van der Waals surface area contributed by atoms with Crippen molar-refractivity contribution in [1.29, 1.82) is 0 Å². The summed E-state index contributed by atoms with van der Waals surface area (Å²) in [5.74, 6) is -1.61. The molecule has 18 heteroatoms. The minimum atomic E-state index is -1.06. The van der Waals surface area contributed by atoms with E-state index in [0.717, 1.165) is 119 Å². The number of nitrogens with zero attached hydrogens (tertiary/aromatic N) is 6. The molecule has 5 amide bonds. The lowest BCUT2D eigenvalue weighted by molar-refractivity contribution is -0.138. The van der Waals surface area contributed by atoms with Crippen LogP contribution in [0.25, 0.3) is 22.2 Å². The van der Waals surface area contributed by atoms with Gasteiger partial charge in [-0.25, -0.2) is 18.6 Å². The quantitative estimate of drug-likeness (QED) is 0.106. The van der Waals surface area contributed by atoms with Crippen molar-refractivity contribution in [3.05, 3.63) is 100 Å². The molecule has 5 aromatic rings. The van der Waals surface area contributed by atoms with Crippen molar-refractivity contribution in [3.8, 4) is 22.6 Å². The molecule has 5 aliphatic rings. The van der Waals surface area contributed by atoms with E-state index in [1.165, 1.54) is 25.3 Å². The monoisotopic (exact) mass is 1010 g/mol. The predicted octanol–water partition coefficient (Wildman–Crippen LogP) is 7.72. The number of carbonyl (C=O) groups excluding carboxylic acids is 4. The zero-order valence-electron chi connectivity index (χ0n) is 41.0. The number of likely N-dealkylation sites (tertiary alicyclic amines) is 1. The van der Waals surface area contributed by atoms with Gasteiger partial charge in [-0.3, -0.25) is 29.5 Å². The fraction of sp³-hybridized carbons (Fsp3) is 0.463. The molecule has 4 fully saturated rings. The van der Waals surface area contributed by atoms with Crippen LogP contribution in [0.5, 0.6) is 11.5 Å². The number of methoxy groups -OCH3 is 1. The van der Waals surface area contributed by atoms with Crippen molar-refractivity contribution in [2.45, 2.75) is 75.9 Å². The van der Waals surface area contributed by atoms with E-state index in [1.54, 1.807) is 4.90 Å². The molecule has 4 aliphatic heterocycles. The lowest BCUT2D eigenvalue weighted by Crippen LogP contribution is -2.49. The Morgan fingerprint density at radius 3 is 2.36 bits per heavy atom. The van der Waals surface area contributed by atoms with Gasteiger partial charge in [-0.1, -0.05) is 48.9 Å². The summed E-state index contributed by atoms with van der Waals surface area (Å²) in [6, 6.07) is 19.0. The maximum atomic E-state index is 16.2. The van der Waals surface area contributed by atoms with E-state index in [-0.39, 0.29) is 63.4 Å². The average molecular weight is 1010 g/mol. The molecule has 2 atom stereocenters. The van der Waals surface area contributed by atoms with Gasteiger partial charge in [0.05, 0.1) is 28.7 Å². The summed E-state index contributed by atoms with van der Waals surface area (Å²) in [6.07, 6.45) is 6.53. The SMILES string of the molecule is COc1ccc(C(N)=O)c(-c2c(Cl)c(F)cc3c2C(C)C(CNC2CCC(C(=O)N4CCC(CCN5CCN(c6nc7ccc(N8CCC(=O)NC8=O)cc7n6C)CC5)CC4)CC2)(c2ccccc2)O3)c1F. The number of hydrogen-bond acceptors (Lipinski definition) is 10. The summed E-state index contributed by atoms with van der Waals surface area (Å²) >= 11 is 6.71. The number of imidazole rings is 1. The first-order chi connectivity index (χ1) is 34.7. The molecule has 1 saturated carbocycles. The molecular formula is C54H62ClF2N9O6. The number of primary amides is 1. The lowest BCUT2D eigenvalue weighted by Gasteiger charge is -2.39. The highest BCUT2D eigenvalue weighted by atomic mass is 35.5. The van der Waals surface area contributed by atoms with Crippen molar-refractivity contribution in [3.63, 3.8) is 0 Å². The number of imide groups is 1. The molecule has 3 saturated heterocycles. The van der Waals surface area contributed by atoms with Crippen LogP contribution in [0.15, 0.2) is 66.7 Å². The third-order valence-corrected chi connectivity index (χ3v) is 16.5. The van der Waals surface area contributed by atoms with Gasteiger partial charge in [0.25, 0.3) is 0 Å². The molecule has 0 bridgehead atoms. The summed E-state index contributed by atoms with van der Waals surface area (Å²) in [6.45, 7) is 8.84. The van der Waals surface area contributed by atoms with E-state index in [4.69, 9.17) is 31.8 Å². The van der Waals surface area contributed by atoms with Crippen molar-refractivity contribution in [2.24, 2.45) is 24.6 Å². The standard InChI is InChI=1S/C54H62ClF2N9O6/c1-32-45-43(30-39(56)48(55)47(45)46-38(50(58)68)14-16-42(71-3)49(46)57)72-54(32,35-7-5-4-6-8-35)31-59-36-11-9-34(10-12-36)51(69)64-22-18-33(19-23-64)17-21-63-25-27-65(28-26-63)52-60-40-15-13-37(29-41(40)62(52)2)66-24-20-44(67)61-53(66)70/h4-8,13-16,29-30,32-34,36,59H,9-12,17-28,31H2,1-3H3,(H2,58,68)(H,61,67,70). The topological polar surface area (TPSA) is 168 Å². The molecule has 4 aromatic carbocycles. The number of halogens is 3. The van der Waals surface area contributed by atoms with Gasteiger partial charge < -0.3 is 34.9 Å². The van der Waals surface area contributed by atoms with Crippen molar-refractivity contribution >= 4 is 58.0 Å². The Bertz CT molecular complexity index is 2900. The van der Waals surface area contributed by atoms with Crippen LogP contribution in [-0.2, 0) is 22.2 Å². The molecule has 1 aliphatic carbocycles. The maximum Gasteiger partial charge on any atom is 0.328 e. The summed E-state index contributed by atoms with van der Waals surface area (Å²) in [4.78, 5) is 64.3. The normalized spacial score (nSPS) is 23.0. The van der Waals surface area contributed by atoms with Gasteiger partial charge in [0.15, 0.2) is 17.2 Å². The largest absolute Gasteiger partial charge is 0.494 e. The number of rotatable bonds is 13. The second-order valence-electron chi connectivity index (χ2n) is 20.1. The van der Waals surface area contributed by atoms with E-state index in [2.05, 4.69) is 29.9 Å². The van der Waals surface area contributed by atoms with Crippen LogP contribution in [-0.4, -0.2) is 115 Å². The fourth-order valence-electron chi connectivity index (χ4n) is 11.9. The molecule has 15 nitrogen and oxygen atoms in total. The van der Waals surface area contributed by atoms with Gasteiger partial charge in [-0.2, -0.15) is 0 Å². The van der Waals surface area contributed by atoms with E-state index in [9.17, 15) is 19.2 Å². The Balaban J connectivity index is 0.710. The molecule has 1 aromatic heterocycles. The summed E-state index contributed by atoms with van der Waals surface area (Å²) in [5.41, 5.74) is 8.12. The molecule has 10 rings (SSSR count). The first kappa shape index (κ1) is 49.3. The second-order valence-corrected chi connectivity index (χ2v) is 20.5. The summed E-state index contributed by atoms with van der Waals surface area (Å²) < 4.78 is 46.2. The molecule has 0 radical (unpaired) electrons. The number of ether oxygens (including phenoxy) is 2. The molecule has 4 N–H and O–H groups in total. The Morgan fingerprint density at radius 1 is 0.931 bits per heavy atom. The Labute approximate surface area is 422 Å². The van der Waals surface area contributed by atoms with Crippen LogP contribution in [0.4, 0.5) is 25.2 Å². The molecule has 2 unspecified atom stereocenters. The average Bonchev–Trinajstić information content (AvgIpc) is 3.87. The van der Waals surface area contributed by atoms with Crippen LogP contribution < -0.4 is 35.6 Å². The van der Waals surface area contributed by atoms with E-state index < -0.39 is 35.1 Å². The van der Waals surface area contributed by atoms with Gasteiger partial charge in [0.2, 0.25) is 23.7 Å². The summed E-state index contributed by atoms with van der Waals surface area (Å²) in [7, 11) is 3.31. The molecule has 0 spiro atoms. The van der Waals surface area contributed by atoms with Gasteiger partial charge in [-0.05, 0) is 93.3 Å². The van der Waals surface area contributed by atoms with Gasteiger partial charge in [0.1, 0.15) is 11.6 Å². The number of amides is 5. The van der Waals surface area contributed by atoms with E-state index in [0.29, 0.717) is 24.6 Å². The van der Waals surface area contributed by atoms with Crippen LogP contribution in [0.3, 0.4) is 0 Å². The zero-order valence-corrected chi connectivity index (χ0v) is 41.8. The number of urea groups is 1. The molecule has 5 heterocycles. The zero-order chi connectivity index (χ0) is 50.4. The molecule has 380 valence electrons. The predicted molar refractivity (Wildman–Crippen MR) is 272 cm³/mol. The number of anilines is 2. The number of carbonyl (C=O) groups is 4. The smallest absolute Gasteiger partial charge is 0.328 e. The number of aryl methyl sites for hydroxylation is 1. The number of aromatic nitrogens is 2. The van der Waals surface area contributed by atoms with Crippen LogP contribution in [0, 0.1) is 23.5 Å². The van der Waals surface area contributed by atoms with Gasteiger partial charge in [-0.15, -0.1) is 0 Å². The second kappa shape index (κ2) is 20.3. The first-order valence-corrected chi connectivity index (χ1v) is 25.6. The highest BCUT2D eigenvalue weighted by Gasteiger charge is 2.50.